The van der Waals surface area contributed by atoms with Crippen molar-refractivity contribution in [2.45, 2.75) is 31.3 Å². The molecule has 0 aliphatic heterocycles. The maximum absolute atomic E-state index is 13.0. The first-order valence-electron chi connectivity index (χ1n) is 9.09. The van der Waals surface area contributed by atoms with Gasteiger partial charge in [-0.05, 0) is 62.7 Å². The Morgan fingerprint density at radius 2 is 1.83 bits per heavy atom. The maximum atomic E-state index is 13.0. The highest BCUT2D eigenvalue weighted by molar-refractivity contribution is 7.92. The minimum absolute atomic E-state index is 0.0554. The Morgan fingerprint density at radius 3 is 2.45 bits per heavy atom. The first-order chi connectivity index (χ1) is 13.7. The van der Waals surface area contributed by atoms with Crippen molar-refractivity contribution < 1.29 is 22.7 Å². The Labute approximate surface area is 176 Å². The predicted octanol–water partition coefficient (Wildman–Crippen LogP) is 4.15. The lowest BCUT2D eigenvalue weighted by atomic mass is 10.2. The molecule has 0 bridgehead atoms. The van der Waals surface area contributed by atoms with Crippen molar-refractivity contribution in [3.05, 3.63) is 53.1 Å². The van der Waals surface area contributed by atoms with Crippen molar-refractivity contribution in [2.75, 3.05) is 30.3 Å². The summed E-state index contributed by atoms with van der Waals surface area (Å²) in [7, 11) is -2.73. The number of rotatable bonds is 10. The van der Waals surface area contributed by atoms with Crippen molar-refractivity contribution >= 4 is 39.0 Å². The molecule has 2 rings (SSSR count). The van der Waals surface area contributed by atoms with Crippen LogP contribution in [0.3, 0.4) is 0 Å². The average molecular weight is 441 g/mol. The largest absolute Gasteiger partial charge is 0.465 e. The summed E-state index contributed by atoms with van der Waals surface area (Å²) < 4.78 is 38.7. The number of halogens is 1. The fourth-order valence-electron chi connectivity index (χ4n) is 2.48. The molecule has 0 unspecified atom stereocenters. The SMILES string of the molecule is COC(=O)c1ccc(NCCCOC(C)C)c(S(=O)(=O)Nc2ccc(Cl)cc2)c1. The third-order valence-corrected chi connectivity index (χ3v) is 5.55. The number of sulfonamides is 1. The van der Waals surface area contributed by atoms with E-state index in [1.165, 1.54) is 19.2 Å². The highest BCUT2D eigenvalue weighted by Crippen LogP contribution is 2.26. The van der Waals surface area contributed by atoms with Crippen molar-refractivity contribution in [2.24, 2.45) is 0 Å². The number of hydrogen-bond acceptors (Lipinski definition) is 6. The molecule has 2 aromatic carbocycles. The highest BCUT2D eigenvalue weighted by Gasteiger charge is 2.21. The van der Waals surface area contributed by atoms with E-state index in [4.69, 9.17) is 21.1 Å². The van der Waals surface area contributed by atoms with Crippen LogP contribution in [0.4, 0.5) is 11.4 Å². The quantitative estimate of drug-likeness (QED) is 0.425. The van der Waals surface area contributed by atoms with Crippen LogP contribution in [0.15, 0.2) is 47.4 Å². The summed E-state index contributed by atoms with van der Waals surface area (Å²) in [6.45, 7) is 4.96. The molecule has 2 N–H and O–H groups in total. The van der Waals surface area contributed by atoms with E-state index < -0.39 is 16.0 Å². The predicted molar refractivity (Wildman–Crippen MR) is 114 cm³/mol. The number of anilines is 2. The molecule has 0 heterocycles. The third-order valence-electron chi connectivity index (χ3n) is 3.88. The molecular formula is C20H25ClN2O5S. The van der Waals surface area contributed by atoms with Crippen molar-refractivity contribution in [1.82, 2.24) is 0 Å². The summed E-state index contributed by atoms with van der Waals surface area (Å²) >= 11 is 5.85. The number of carbonyl (C=O) groups is 1. The van der Waals surface area contributed by atoms with Gasteiger partial charge in [0, 0.05) is 23.9 Å². The van der Waals surface area contributed by atoms with Crippen LogP contribution in [0.25, 0.3) is 0 Å². The molecule has 0 spiro atoms. The van der Waals surface area contributed by atoms with Gasteiger partial charge in [0.2, 0.25) is 0 Å². The van der Waals surface area contributed by atoms with Crippen molar-refractivity contribution in [1.29, 1.82) is 0 Å². The monoisotopic (exact) mass is 440 g/mol. The van der Waals surface area contributed by atoms with Gasteiger partial charge < -0.3 is 14.8 Å². The first kappa shape index (κ1) is 23.0. The van der Waals surface area contributed by atoms with Gasteiger partial charge >= 0.3 is 5.97 Å². The second-order valence-corrected chi connectivity index (χ2v) is 8.60. The molecule has 29 heavy (non-hydrogen) atoms. The van der Waals surface area contributed by atoms with Crippen molar-refractivity contribution in [3.63, 3.8) is 0 Å². The molecular weight excluding hydrogens is 416 g/mol. The van der Waals surface area contributed by atoms with E-state index in [-0.39, 0.29) is 16.6 Å². The zero-order chi connectivity index (χ0) is 21.4. The van der Waals surface area contributed by atoms with Gasteiger partial charge in [-0.2, -0.15) is 0 Å². The van der Waals surface area contributed by atoms with Gasteiger partial charge in [-0.25, -0.2) is 13.2 Å². The fraction of sp³-hybridized carbons (Fsp3) is 0.350. The Hall–Kier alpha value is -2.29. The molecule has 0 aliphatic carbocycles. The Morgan fingerprint density at radius 1 is 1.14 bits per heavy atom. The lowest BCUT2D eigenvalue weighted by Gasteiger charge is -2.15. The van der Waals surface area contributed by atoms with Crippen LogP contribution < -0.4 is 10.0 Å². The lowest BCUT2D eigenvalue weighted by Crippen LogP contribution is -2.17. The van der Waals surface area contributed by atoms with E-state index >= 15 is 0 Å². The molecule has 0 aromatic heterocycles. The van der Waals surface area contributed by atoms with E-state index in [1.807, 2.05) is 13.8 Å². The second-order valence-electron chi connectivity index (χ2n) is 6.51. The minimum Gasteiger partial charge on any atom is -0.465 e. The van der Waals surface area contributed by atoms with Gasteiger partial charge in [0.25, 0.3) is 10.0 Å². The molecule has 0 radical (unpaired) electrons. The van der Waals surface area contributed by atoms with E-state index in [9.17, 15) is 13.2 Å². The zero-order valence-corrected chi connectivity index (χ0v) is 18.1. The number of carbonyl (C=O) groups excluding carboxylic acids is 1. The summed E-state index contributed by atoms with van der Waals surface area (Å²) in [5.41, 5.74) is 0.871. The van der Waals surface area contributed by atoms with Crippen LogP contribution in [0.2, 0.25) is 5.02 Å². The van der Waals surface area contributed by atoms with Crippen LogP contribution in [-0.4, -0.2) is 40.8 Å². The van der Waals surface area contributed by atoms with Gasteiger partial charge in [-0.15, -0.1) is 0 Å². The Kier molecular flexibility index (Phi) is 8.31. The molecule has 0 fully saturated rings. The zero-order valence-electron chi connectivity index (χ0n) is 16.6. The van der Waals surface area contributed by atoms with Crippen LogP contribution >= 0.6 is 11.6 Å². The van der Waals surface area contributed by atoms with Crippen LogP contribution in [-0.2, 0) is 19.5 Å². The fourth-order valence-corrected chi connectivity index (χ4v) is 3.87. The average Bonchev–Trinajstić information content (AvgIpc) is 2.68. The number of nitrogens with one attached hydrogen (secondary N) is 2. The maximum Gasteiger partial charge on any atom is 0.337 e. The van der Waals surface area contributed by atoms with Gasteiger partial charge in [-0.3, -0.25) is 4.72 Å². The first-order valence-corrected chi connectivity index (χ1v) is 11.0. The molecule has 0 saturated heterocycles. The third kappa shape index (κ3) is 6.92. The number of hydrogen-bond donors (Lipinski definition) is 2. The molecule has 158 valence electrons. The summed E-state index contributed by atoms with van der Waals surface area (Å²) in [5.74, 6) is -0.621. The van der Waals surface area contributed by atoms with Gasteiger partial charge in [0.15, 0.2) is 0 Å². The second kappa shape index (κ2) is 10.5. The van der Waals surface area contributed by atoms with Gasteiger partial charge in [0.05, 0.1) is 24.5 Å². The van der Waals surface area contributed by atoms with Crippen LogP contribution in [0.1, 0.15) is 30.6 Å². The Balaban J connectivity index is 2.26. The van der Waals surface area contributed by atoms with Gasteiger partial charge in [-0.1, -0.05) is 11.6 Å². The molecule has 0 amide bonds. The lowest BCUT2D eigenvalue weighted by molar-refractivity contribution is 0.0600. The minimum atomic E-state index is -3.97. The Bertz CT molecular complexity index is 930. The molecule has 0 saturated carbocycles. The highest BCUT2D eigenvalue weighted by atomic mass is 35.5. The van der Waals surface area contributed by atoms with Crippen LogP contribution in [0.5, 0.6) is 0 Å². The molecule has 2 aromatic rings. The molecule has 9 heteroatoms. The van der Waals surface area contributed by atoms with Crippen LogP contribution in [0, 0.1) is 0 Å². The number of ether oxygens (including phenoxy) is 2. The summed E-state index contributed by atoms with van der Waals surface area (Å²) in [4.78, 5) is 11.8. The number of methoxy groups -OCH3 is 1. The summed E-state index contributed by atoms with van der Waals surface area (Å²) in [6.07, 6.45) is 0.829. The normalized spacial score (nSPS) is 11.3. The summed E-state index contributed by atoms with van der Waals surface area (Å²) in [6, 6.07) is 10.6. The van der Waals surface area contributed by atoms with E-state index in [0.29, 0.717) is 36.0 Å². The number of esters is 1. The number of benzene rings is 2. The molecule has 7 nitrogen and oxygen atoms in total. The van der Waals surface area contributed by atoms with E-state index in [2.05, 4.69) is 10.0 Å². The topological polar surface area (TPSA) is 93.7 Å². The summed E-state index contributed by atoms with van der Waals surface area (Å²) in [5, 5.41) is 3.59. The van der Waals surface area contributed by atoms with Gasteiger partial charge in [0.1, 0.15) is 4.90 Å². The smallest absolute Gasteiger partial charge is 0.337 e. The standard InChI is InChI=1S/C20H25ClN2O5S/c1-14(2)28-12-4-11-22-18-10-5-15(20(24)27-3)13-19(18)29(25,26)23-17-8-6-16(21)7-9-17/h5-10,13-14,22-23H,4,11-12H2,1-3H3. The van der Waals surface area contributed by atoms with E-state index in [0.717, 1.165) is 0 Å². The molecule has 0 atom stereocenters. The van der Waals surface area contributed by atoms with Crippen molar-refractivity contribution in [3.8, 4) is 0 Å². The van der Waals surface area contributed by atoms with E-state index in [1.54, 1.807) is 30.3 Å². The molecule has 0 aliphatic rings.